The second-order valence-corrected chi connectivity index (χ2v) is 3.18. The lowest BCUT2D eigenvalue weighted by molar-refractivity contribution is -0.134. The molecule has 0 saturated carbocycles. The molecule has 0 radical (unpaired) electrons. The van der Waals surface area contributed by atoms with E-state index in [0.29, 0.717) is 11.3 Å². The van der Waals surface area contributed by atoms with Crippen molar-refractivity contribution >= 4 is 22.4 Å². The second kappa shape index (κ2) is 3.25. The van der Waals surface area contributed by atoms with Gasteiger partial charge in [0.05, 0.1) is 5.00 Å². The van der Waals surface area contributed by atoms with Crippen molar-refractivity contribution in [1.29, 1.82) is 0 Å². The molecule has 0 spiro atoms. The molecule has 0 unspecified atom stereocenters. The highest BCUT2D eigenvalue weighted by Crippen LogP contribution is 2.36. The maximum atomic E-state index is 12.0. The number of carbonyl (C=O) groups is 1. The normalized spacial score (nSPS) is 11.3. The fraction of sp³-hybridized carbons (Fsp3) is 0.167. The van der Waals surface area contributed by atoms with E-state index in [1.807, 2.05) is 5.32 Å². The standard InChI is InChI=1S/C6H4F3NO2S/c7-6(8,9)3-1-2-4(13-3)10-5(11)12/h1-2,10H,(H,11,12). The van der Waals surface area contributed by atoms with Crippen LogP contribution in [0.1, 0.15) is 4.88 Å². The van der Waals surface area contributed by atoms with Gasteiger partial charge in [0.25, 0.3) is 0 Å². The molecule has 1 amide bonds. The number of halogens is 3. The molecule has 72 valence electrons. The van der Waals surface area contributed by atoms with Gasteiger partial charge in [-0.25, -0.2) is 4.79 Å². The number of thiophene rings is 1. The van der Waals surface area contributed by atoms with Crippen molar-refractivity contribution in [2.75, 3.05) is 5.32 Å². The average Bonchev–Trinajstić information content (AvgIpc) is 2.32. The van der Waals surface area contributed by atoms with E-state index in [4.69, 9.17) is 5.11 Å². The monoisotopic (exact) mass is 211 g/mol. The smallest absolute Gasteiger partial charge is 0.425 e. The lowest BCUT2D eigenvalue weighted by Crippen LogP contribution is -2.05. The summed E-state index contributed by atoms with van der Waals surface area (Å²) in [6.45, 7) is 0. The third-order valence-corrected chi connectivity index (χ3v) is 2.16. The van der Waals surface area contributed by atoms with Gasteiger partial charge in [-0.1, -0.05) is 0 Å². The number of rotatable bonds is 1. The predicted octanol–water partition coefficient (Wildman–Crippen LogP) is 2.86. The van der Waals surface area contributed by atoms with Gasteiger partial charge in [0, 0.05) is 0 Å². The Kier molecular flexibility index (Phi) is 2.46. The summed E-state index contributed by atoms with van der Waals surface area (Å²) in [7, 11) is 0. The highest BCUT2D eigenvalue weighted by Gasteiger charge is 2.32. The van der Waals surface area contributed by atoms with Gasteiger partial charge in [0.15, 0.2) is 0 Å². The van der Waals surface area contributed by atoms with Crippen LogP contribution in [-0.2, 0) is 6.18 Å². The molecule has 1 heterocycles. The van der Waals surface area contributed by atoms with Crippen LogP contribution >= 0.6 is 11.3 Å². The first-order valence-corrected chi connectivity index (χ1v) is 3.88. The predicted molar refractivity (Wildman–Crippen MR) is 41.0 cm³/mol. The fourth-order valence-electron chi connectivity index (χ4n) is 0.663. The Morgan fingerprint density at radius 2 is 2.08 bits per heavy atom. The van der Waals surface area contributed by atoms with E-state index in [-0.39, 0.29) is 5.00 Å². The van der Waals surface area contributed by atoms with Crippen LogP contribution in [0, 0.1) is 0 Å². The van der Waals surface area contributed by atoms with Gasteiger partial charge in [0.2, 0.25) is 0 Å². The van der Waals surface area contributed by atoms with Gasteiger partial charge in [-0.05, 0) is 12.1 Å². The van der Waals surface area contributed by atoms with Crippen molar-refractivity contribution in [3.63, 3.8) is 0 Å². The number of carboxylic acid groups (broad SMARTS) is 1. The summed E-state index contributed by atoms with van der Waals surface area (Å²) in [6.07, 6.45) is -5.79. The first kappa shape index (κ1) is 9.85. The fourth-order valence-corrected chi connectivity index (χ4v) is 1.43. The number of alkyl halides is 3. The average molecular weight is 211 g/mol. The molecule has 0 atom stereocenters. The largest absolute Gasteiger partial charge is 0.465 e. The van der Waals surface area contributed by atoms with E-state index < -0.39 is 17.1 Å². The summed E-state index contributed by atoms with van der Waals surface area (Å²) in [6, 6.07) is 1.90. The summed E-state index contributed by atoms with van der Waals surface area (Å²) >= 11 is 0.351. The Labute approximate surface area is 74.8 Å². The number of anilines is 1. The Hall–Kier alpha value is -1.24. The molecule has 0 saturated heterocycles. The Morgan fingerprint density at radius 1 is 1.46 bits per heavy atom. The Morgan fingerprint density at radius 3 is 2.46 bits per heavy atom. The molecule has 7 heteroatoms. The number of hydrogen-bond acceptors (Lipinski definition) is 2. The zero-order valence-electron chi connectivity index (χ0n) is 6.05. The number of nitrogens with one attached hydrogen (secondary N) is 1. The van der Waals surface area contributed by atoms with E-state index >= 15 is 0 Å². The summed E-state index contributed by atoms with van der Waals surface area (Å²) in [4.78, 5) is 9.22. The summed E-state index contributed by atoms with van der Waals surface area (Å²) in [5.74, 6) is 0. The molecule has 1 rings (SSSR count). The molecule has 13 heavy (non-hydrogen) atoms. The molecule has 3 nitrogen and oxygen atoms in total. The minimum Gasteiger partial charge on any atom is -0.465 e. The van der Waals surface area contributed by atoms with Gasteiger partial charge in [-0.15, -0.1) is 11.3 Å². The van der Waals surface area contributed by atoms with E-state index in [1.165, 1.54) is 0 Å². The second-order valence-electron chi connectivity index (χ2n) is 2.09. The van der Waals surface area contributed by atoms with Crippen LogP contribution in [0.4, 0.5) is 23.0 Å². The van der Waals surface area contributed by atoms with Gasteiger partial charge < -0.3 is 5.11 Å². The molecule has 2 N–H and O–H groups in total. The Bertz CT molecular complexity index is 320. The van der Waals surface area contributed by atoms with Crippen molar-refractivity contribution in [3.05, 3.63) is 17.0 Å². The van der Waals surface area contributed by atoms with Crippen molar-refractivity contribution in [2.24, 2.45) is 0 Å². The maximum absolute atomic E-state index is 12.0. The van der Waals surface area contributed by atoms with E-state index in [9.17, 15) is 18.0 Å². The van der Waals surface area contributed by atoms with Crippen molar-refractivity contribution < 1.29 is 23.1 Å². The molecule has 0 bridgehead atoms. The zero-order valence-corrected chi connectivity index (χ0v) is 6.87. The van der Waals surface area contributed by atoms with Crippen LogP contribution in [-0.4, -0.2) is 11.2 Å². The lowest BCUT2D eigenvalue weighted by Gasteiger charge is -2.00. The van der Waals surface area contributed by atoms with Crippen LogP contribution in [0.25, 0.3) is 0 Å². The number of hydrogen-bond donors (Lipinski definition) is 2. The van der Waals surface area contributed by atoms with Gasteiger partial charge in [-0.2, -0.15) is 13.2 Å². The van der Waals surface area contributed by atoms with Crippen molar-refractivity contribution in [2.45, 2.75) is 6.18 Å². The summed E-state index contributed by atoms with van der Waals surface area (Å²) < 4.78 is 35.9. The van der Waals surface area contributed by atoms with Crippen LogP contribution in [0.3, 0.4) is 0 Å². The molecule has 0 aromatic carbocycles. The molecular formula is C6H4F3NO2S. The molecule has 0 aliphatic heterocycles. The quantitative estimate of drug-likeness (QED) is 0.750. The minimum absolute atomic E-state index is 0.0418. The van der Waals surface area contributed by atoms with E-state index in [1.54, 1.807) is 0 Å². The molecule has 1 aromatic heterocycles. The molecule has 1 aromatic rings. The number of amides is 1. The molecule has 0 aliphatic rings. The summed E-state index contributed by atoms with van der Waals surface area (Å²) in [5, 5.41) is 9.98. The minimum atomic E-state index is -4.41. The van der Waals surface area contributed by atoms with E-state index in [2.05, 4.69) is 0 Å². The van der Waals surface area contributed by atoms with Crippen LogP contribution < -0.4 is 5.32 Å². The van der Waals surface area contributed by atoms with Gasteiger partial charge >= 0.3 is 12.3 Å². The zero-order chi connectivity index (χ0) is 10.1. The highest BCUT2D eigenvalue weighted by molar-refractivity contribution is 7.16. The first-order valence-electron chi connectivity index (χ1n) is 3.06. The van der Waals surface area contributed by atoms with Crippen LogP contribution in [0.2, 0.25) is 0 Å². The molecular weight excluding hydrogens is 207 g/mol. The first-order chi connectivity index (χ1) is 5.89. The lowest BCUT2D eigenvalue weighted by atomic mass is 10.4. The van der Waals surface area contributed by atoms with Gasteiger partial charge in [-0.3, -0.25) is 5.32 Å². The molecule has 0 aliphatic carbocycles. The highest BCUT2D eigenvalue weighted by atomic mass is 32.1. The van der Waals surface area contributed by atoms with Crippen LogP contribution in [0.15, 0.2) is 12.1 Å². The maximum Gasteiger partial charge on any atom is 0.425 e. The van der Waals surface area contributed by atoms with Gasteiger partial charge in [0.1, 0.15) is 4.88 Å². The Balaban J connectivity index is 2.81. The topological polar surface area (TPSA) is 49.3 Å². The van der Waals surface area contributed by atoms with Crippen molar-refractivity contribution in [3.8, 4) is 0 Å². The third kappa shape index (κ3) is 2.62. The summed E-state index contributed by atoms with van der Waals surface area (Å²) in [5.41, 5.74) is 0. The van der Waals surface area contributed by atoms with E-state index in [0.717, 1.165) is 12.1 Å². The molecule has 0 fully saturated rings. The third-order valence-electron chi connectivity index (χ3n) is 1.12. The SMILES string of the molecule is O=C(O)Nc1ccc(C(F)(F)F)s1. The van der Waals surface area contributed by atoms with Crippen LogP contribution in [0.5, 0.6) is 0 Å². The van der Waals surface area contributed by atoms with Crippen molar-refractivity contribution in [1.82, 2.24) is 0 Å².